The van der Waals surface area contributed by atoms with E-state index in [-0.39, 0.29) is 18.3 Å². The number of ether oxygens (including phenoxy) is 1. The molecule has 31 heavy (non-hydrogen) atoms. The lowest BCUT2D eigenvalue weighted by Crippen LogP contribution is -2.40. The van der Waals surface area contributed by atoms with Gasteiger partial charge in [0.1, 0.15) is 21.7 Å². The summed E-state index contributed by atoms with van der Waals surface area (Å²) >= 11 is 1.36. The second-order valence-electron chi connectivity index (χ2n) is 8.14. The Balaban J connectivity index is 0.00000341. The number of benzene rings is 1. The lowest BCUT2D eigenvalue weighted by molar-refractivity contribution is 0.0920. The summed E-state index contributed by atoms with van der Waals surface area (Å²) < 4.78 is 5.74. The number of aryl methyl sites for hydroxylation is 1. The van der Waals surface area contributed by atoms with Crippen LogP contribution < -0.4 is 10.1 Å². The molecule has 0 saturated carbocycles. The molecule has 0 bridgehead atoms. The van der Waals surface area contributed by atoms with Gasteiger partial charge in [-0.05, 0) is 50.3 Å². The van der Waals surface area contributed by atoms with E-state index in [4.69, 9.17) is 4.74 Å². The van der Waals surface area contributed by atoms with Crippen LogP contribution in [0.5, 0.6) is 5.75 Å². The van der Waals surface area contributed by atoms with Crippen LogP contribution in [0.4, 0.5) is 0 Å². The van der Waals surface area contributed by atoms with E-state index in [9.17, 15) is 10.1 Å². The number of nitrogens with one attached hydrogen (secondary N) is 1. The zero-order chi connectivity index (χ0) is 21.7. The summed E-state index contributed by atoms with van der Waals surface area (Å²) in [5, 5.41) is 13.3. The normalized spacial score (nSPS) is 16.1. The Morgan fingerprint density at radius 1 is 1.45 bits per heavy atom. The molecule has 1 atom stereocenters. The number of nitriles is 1. The van der Waals surface area contributed by atoms with E-state index in [2.05, 4.69) is 42.0 Å². The third-order valence-corrected chi connectivity index (χ3v) is 6.54. The first-order chi connectivity index (χ1) is 14.4. The van der Waals surface area contributed by atoms with Gasteiger partial charge in [0.05, 0.1) is 24.5 Å². The van der Waals surface area contributed by atoms with Crippen molar-refractivity contribution < 1.29 is 9.53 Å². The number of hydrogen-bond donors (Lipinski definition) is 1. The fourth-order valence-electron chi connectivity index (χ4n) is 3.68. The summed E-state index contributed by atoms with van der Waals surface area (Å²) in [6.45, 7) is 10.3. The lowest BCUT2D eigenvalue weighted by atomic mass is 10.1. The summed E-state index contributed by atoms with van der Waals surface area (Å²) in [5.41, 5.74) is 2.01. The van der Waals surface area contributed by atoms with Crippen LogP contribution in [-0.2, 0) is 0 Å². The molecule has 1 aromatic heterocycles. The van der Waals surface area contributed by atoms with Crippen molar-refractivity contribution in [2.75, 3.05) is 19.8 Å². The third kappa shape index (κ3) is 6.19. The van der Waals surface area contributed by atoms with Gasteiger partial charge in [-0.1, -0.05) is 20.8 Å². The maximum absolute atomic E-state index is 12.7. The molecule has 3 rings (SSSR count). The first kappa shape index (κ1) is 25.1. The number of carbonyl (C=O) groups excluding carboxylic acids is 1. The van der Waals surface area contributed by atoms with Gasteiger partial charge in [-0.2, -0.15) is 5.26 Å². The molecule has 1 unspecified atom stereocenters. The van der Waals surface area contributed by atoms with Gasteiger partial charge in [-0.25, -0.2) is 4.98 Å². The zero-order valence-corrected chi connectivity index (χ0v) is 20.2. The van der Waals surface area contributed by atoms with Crippen molar-refractivity contribution in [2.24, 2.45) is 5.92 Å². The molecule has 1 aromatic carbocycles. The molecular formula is C23H31ClN4O2S. The number of likely N-dealkylation sites (tertiary alicyclic amines) is 1. The molecular weight excluding hydrogens is 432 g/mol. The van der Waals surface area contributed by atoms with Gasteiger partial charge < -0.3 is 10.1 Å². The highest BCUT2D eigenvalue weighted by Crippen LogP contribution is 2.31. The molecule has 2 aromatic rings. The van der Waals surface area contributed by atoms with Gasteiger partial charge in [0.15, 0.2) is 0 Å². The summed E-state index contributed by atoms with van der Waals surface area (Å²) in [6.07, 6.45) is 3.50. The highest BCUT2D eigenvalue weighted by Gasteiger charge is 2.24. The monoisotopic (exact) mass is 462 g/mol. The Kier molecular flexibility index (Phi) is 9.30. The molecule has 0 spiro atoms. The molecule has 1 aliphatic heterocycles. The van der Waals surface area contributed by atoms with E-state index in [1.807, 2.05) is 19.1 Å². The molecule has 0 aliphatic carbocycles. The molecule has 2 heterocycles. The largest absolute Gasteiger partial charge is 0.492 e. The van der Waals surface area contributed by atoms with E-state index in [1.54, 1.807) is 6.07 Å². The molecule has 1 fully saturated rings. The minimum absolute atomic E-state index is 0. The van der Waals surface area contributed by atoms with E-state index in [1.165, 1.54) is 24.2 Å². The lowest BCUT2D eigenvalue weighted by Gasteiger charge is -2.23. The molecule has 6 nitrogen and oxygen atoms in total. The topological polar surface area (TPSA) is 78.3 Å². The van der Waals surface area contributed by atoms with Crippen molar-refractivity contribution >= 4 is 29.7 Å². The number of hydrogen-bond acceptors (Lipinski definition) is 6. The molecule has 1 saturated heterocycles. The predicted molar refractivity (Wildman–Crippen MR) is 127 cm³/mol. The minimum Gasteiger partial charge on any atom is -0.492 e. The van der Waals surface area contributed by atoms with Crippen molar-refractivity contribution in [3.8, 4) is 22.4 Å². The number of rotatable bonds is 8. The average molecular weight is 463 g/mol. The number of thiazole rings is 1. The Hall–Kier alpha value is -2.14. The Bertz CT molecular complexity index is 938. The highest BCUT2D eigenvalue weighted by molar-refractivity contribution is 7.17. The Morgan fingerprint density at radius 2 is 2.23 bits per heavy atom. The van der Waals surface area contributed by atoms with E-state index in [0.717, 1.165) is 23.5 Å². The van der Waals surface area contributed by atoms with Crippen LogP contribution in [0, 0.1) is 24.2 Å². The Morgan fingerprint density at radius 3 is 2.90 bits per heavy atom. The summed E-state index contributed by atoms with van der Waals surface area (Å²) in [7, 11) is 0. The van der Waals surface area contributed by atoms with Crippen molar-refractivity contribution in [1.29, 1.82) is 5.26 Å². The van der Waals surface area contributed by atoms with E-state index in [0.29, 0.717) is 47.1 Å². The van der Waals surface area contributed by atoms with Crippen LogP contribution >= 0.6 is 23.7 Å². The predicted octanol–water partition coefficient (Wildman–Crippen LogP) is 5.01. The van der Waals surface area contributed by atoms with Crippen LogP contribution in [0.1, 0.15) is 61.0 Å². The number of halogens is 1. The van der Waals surface area contributed by atoms with Crippen molar-refractivity contribution in [3.63, 3.8) is 0 Å². The zero-order valence-electron chi connectivity index (χ0n) is 18.6. The summed E-state index contributed by atoms with van der Waals surface area (Å²) in [6, 6.07) is 8.25. The van der Waals surface area contributed by atoms with Gasteiger partial charge in [-0.3, -0.25) is 9.69 Å². The van der Waals surface area contributed by atoms with Gasteiger partial charge in [-0.15, -0.1) is 23.7 Å². The second-order valence-corrected chi connectivity index (χ2v) is 9.14. The number of carbonyl (C=O) groups is 1. The van der Waals surface area contributed by atoms with E-state index < -0.39 is 0 Å². The van der Waals surface area contributed by atoms with Crippen LogP contribution in [0.15, 0.2) is 18.2 Å². The first-order valence-corrected chi connectivity index (χ1v) is 11.4. The number of nitrogens with zero attached hydrogens (tertiary/aromatic N) is 3. The smallest absolute Gasteiger partial charge is 0.264 e. The quantitative estimate of drug-likeness (QED) is 0.596. The second kappa shape index (κ2) is 11.5. The molecule has 1 aliphatic rings. The van der Waals surface area contributed by atoms with Crippen LogP contribution in [0.2, 0.25) is 0 Å². The van der Waals surface area contributed by atoms with Crippen LogP contribution in [-0.4, -0.2) is 41.7 Å². The number of amides is 1. The van der Waals surface area contributed by atoms with Gasteiger partial charge in [0, 0.05) is 18.2 Å². The molecule has 0 radical (unpaired) electrons. The van der Waals surface area contributed by atoms with Crippen LogP contribution in [0.3, 0.4) is 0 Å². The highest BCUT2D eigenvalue weighted by atomic mass is 35.5. The molecule has 1 N–H and O–H groups in total. The third-order valence-electron chi connectivity index (χ3n) is 5.33. The van der Waals surface area contributed by atoms with Crippen LogP contribution in [0.25, 0.3) is 10.6 Å². The van der Waals surface area contributed by atoms with Crippen molar-refractivity contribution in [2.45, 2.75) is 53.0 Å². The maximum atomic E-state index is 12.7. The molecule has 1 amide bonds. The van der Waals surface area contributed by atoms with Crippen molar-refractivity contribution in [3.05, 3.63) is 34.3 Å². The standard InChI is InChI=1S/C23H30N4O2S.ClH/c1-5-19-7-6-10-27(19)14-25-22(28)21-16(4)26-23(30-21)17-8-9-20(18(11-17)12-24)29-13-15(2)3;/h8-9,11,15,19H,5-7,10,13-14H2,1-4H3,(H,25,28);1H. The SMILES string of the molecule is CCC1CCCN1CNC(=O)c1sc(-c2ccc(OCC(C)C)c(C#N)c2)nc1C.Cl. The van der Waals surface area contributed by atoms with Gasteiger partial charge >= 0.3 is 0 Å². The van der Waals surface area contributed by atoms with Gasteiger partial charge in [0.2, 0.25) is 0 Å². The first-order valence-electron chi connectivity index (χ1n) is 10.6. The summed E-state index contributed by atoms with van der Waals surface area (Å²) in [5.74, 6) is 0.875. The minimum atomic E-state index is -0.0876. The number of aromatic nitrogens is 1. The van der Waals surface area contributed by atoms with E-state index >= 15 is 0 Å². The van der Waals surface area contributed by atoms with Crippen molar-refractivity contribution in [1.82, 2.24) is 15.2 Å². The molecule has 8 heteroatoms. The summed E-state index contributed by atoms with van der Waals surface area (Å²) in [4.78, 5) is 20.3. The Labute approximate surface area is 195 Å². The fraction of sp³-hybridized carbons (Fsp3) is 0.522. The fourth-order valence-corrected chi connectivity index (χ4v) is 4.66. The van der Waals surface area contributed by atoms with Gasteiger partial charge in [0.25, 0.3) is 5.91 Å². The average Bonchev–Trinajstić information content (AvgIpc) is 3.36. The molecule has 168 valence electrons. The maximum Gasteiger partial charge on any atom is 0.264 e.